The minimum Gasteiger partial charge on any atom is -0.356 e. The SMILES string of the molecule is CC(=O)NCC1(CN2CCCCC2)CC1. The largest absolute Gasteiger partial charge is 0.356 e. The van der Waals surface area contributed by atoms with Crippen LogP contribution in [0.25, 0.3) is 0 Å². The number of hydrogen-bond acceptors (Lipinski definition) is 2. The molecule has 1 aliphatic heterocycles. The molecule has 3 heteroatoms. The van der Waals surface area contributed by atoms with Crippen molar-refractivity contribution in [3.63, 3.8) is 0 Å². The standard InChI is InChI=1S/C12H22N2O/c1-11(15)13-9-12(5-6-12)10-14-7-3-2-4-8-14/h2-10H2,1H3,(H,13,15). The van der Waals surface area contributed by atoms with Gasteiger partial charge in [-0.25, -0.2) is 0 Å². The topological polar surface area (TPSA) is 32.3 Å². The molecule has 0 spiro atoms. The first kappa shape index (κ1) is 10.9. The molecule has 1 saturated carbocycles. The maximum atomic E-state index is 10.9. The molecule has 1 amide bonds. The predicted octanol–water partition coefficient (Wildman–Crippen LogP) is 1.39. The van der Waals surface area contributed by atoms with Crippen molar-refractivity contribution in [3.8, 4) is 0 Å². The van der Waals surface area contributed by atoms with E-state index < -0.39 is 0 Å². The molecule has 0 aromatic carbocycles. The van der Waals surface area contributed by atoms with Gasteiger partial charge in [0.15, 0.2) is 0 Å². The molecule has 86 valence electrons. The van der Waals surface area contributed by atoms with E-state index in [1.165, 1.54) is 51.7 Å². The molecule has 1 aliphatic carbocycles. The van der Waals surface area contributed by atoms with E-state index in [0.717, 1.165) is 6.54 Å². The number of carbonyl (C=O) groups is 1. The minimum absolute atomic E-state index is 0.111. The molecule has 2 rings (SSSR count). The van der Waals surface area contributed by atoms with Gasteiger partial charge in [-0.1, -0.05) is 6.42 Å². The highest BCUT2D eigenvalue weighted by Gasteiger charge is 2.43. The number of nitrogens with zero attached hydrogens (tertiary/aromatic N) is 1. The smallest absolute Gasteiger partial charge is 0.216 e. The zero-order valence-electron chi connectivity index (χ0n) is 9.72. The van der Waals surface area contributed by atoms with Crippen LogP contribution in [0.4, 0.5) is 0 Å². The summed E-state index contributed by atoms with van der Waals surface area (Å²) in [5.74, 6) is 0.111. The molecule has 0 aromatic heterocycles. The second-order valence-electron chi connectivity index (χ2n) is 5.25. The van der Waals surface area contributed by atoms with E-state index in [2.05, 4.69) is 10.2 Å². The zero-order valence-corrected chi connectivity index (χ0v) is 9.72. The summed E-state index contributed by atoms with van der Waals surface area (Å²) in [6.45, 7) is 6.23. The third kappa shape index (κ3) is 3.20. The molecular formula is C12H22N2O. The molecule has 0 bridgehead atoms. The van der Waals surface area contributed by atoms with Gasteiger partial charge >= 0.3 is 0 Å². The van der Waals surface area contributed by atoms with Gasteiger partial charge in [0.2, 0.25) is 5.91 Å². The Bertz CT molecular complexity index is 230. The Hall–Kier alpha value is -0.570. The first-order valence-electron chi connectivity index (χ1n) is 6.17. The third-order valence-corrected chi connectivity index (χ3v) is 3.68. The molecule has 2 fully saturated rings. The number of amides is 1. The molecule has 1 N–H and O–H groups in total. The van der Waals surface area contributed by atoms with Crippen LogP contribution in [0.2, 0.25) is 0 Å². The van der Waals surface area contributed by atoms with Gasteiger partial charge < -0.3 is 10.2 Å². The average Bonchev–Trinajstić information content (AvgIpc) is 2.97. The molecule has 15 heavy (non-hydrogen) atoms. The Morgan fingerprint density at radius 3 is 2.47 bits per heavy atom. The van der Waals surface area contributed by atoms with Gasteiger partial charge in [0.05, 0.1) is 0 Å². The van der Waals surface area contributed by atoms with E-state index in [4.69, 9.17) is 0 Å². The van der Waals surface area contributed by atoms with E-state index in [-0.39, 0.29) is 5.91 Å². The van der Waals surface area contributed by atoms with E-state index >= 15 is 0 Å². The van der Waals surface area contributed by atoms with Crippen LogP contribution in [0.15, 0.2) is 0 Å². The van der Waals surface area contributed by atoms with Crippen LogP contribution in [0, 0.1) is 5.41 Å². The van der Waals surface area contributed by atoms with Crippen molar-refractivity contribution in [2.24, 2.45) is 5.41 Å². The molecule has 0 aromatic rings. The summed E-state index contributed by atoms with van der Waals surface area (Å²) in [6, 6.07) is 0. The molecular weight excluding hydrogens is 188 g/mol. The minimum atomic E-state index is 0.111. The van der Waals surface area contributed by atoms with Crippen LogP contribution in [-0.2, 0) is 4.79 Å². The third-order valence-electron chi connectivity index (χ3n) is 3.68. The monoisotopic (exact) mass is 210 g/mol. The van der Waals surface area contributed by atoms with Crippen LogP contribution in [0.3, 0.4) is 0 Å². The van der Waals surface area contributed by atoms with Gasteiger partial charge in [0.1, 0.15) is 0 Å². The zero-order chi connectivity index (χ0) is 10.7. The normalized spacial score (nSPS) is 24.9. The number of piperidine rings is 1. The number of nitrogens with one attached hydrogen (secondary N) is 1. The van der Waals surface area contributed by atoms with Crippen LogP contribution < -0.4 is 5.32 Å². The lowest BCUT2D eigenvalue weighted by Crippen LogP contribution is -2.39. The van der Waals surface area contributed by atoms with Gasteiger partial charge in [-0.2, -0.15) is 0 Å². The Kier molecular flexibility index (Phi) is 3.29. The fraction of sp³-hybridized carbons (Fsp3) is 0.917. The van der Waals surface area contributed by atoms with Crippen molar-refractivity contribution >= 4 is 5.91 Å². The first-order valence-corrected chi connectivity index (χ1v) is 6.17. The Labute approximate surface area is 92.2 Å². The number of rotatable bonds is 4. The number of carbonyl (C=O) groups excluding carboxylic acids is 1. The lowest BCUT2D eigenvalue weighted by Gasteiger charge is -2.30. The highest BCUT2D eigenvalue weighted by molar-refractivity contribution is 5.72. The Balaban J connectivity index is 1.74. The van der Waals surface area contributed by atoms with Gasteiger partial charge in [-0.05, 0) is 38.8 Å². The Morgan fingerprint density at radius 1 is 1.27 bits per heavy atom. The van der Waals surface area contributed by atoms with E-state index in [1.807, 2.05) is 0 Å². The molecule has 1 saturated heterocycles. The predicted molar refractivity (Wildman–Crippen MR) is 60.6 cm³/mol. The van der Waals surface area contributed by atoms with Crippen LogP contribution in [0.5, 0.6) is 0 Å². The molecule has 0 radical (unpaired) electrons. The second kappa shape index (κ2) is 4.52. The van der Waals surface area contributed by atoms with Crippen LogP contribution >= 0.6 is 0 Å². The second-order valence-corrected chi connectivity index (χ2v) is 5.25. The molecule has 1 heterocycles. The Morgan fingerprint density at radius 2 is 1.93 bits per heavy atom. The highest BCUT2D eigenvalue weighted by atomic mass is 16.1. The molecule has 2 aliphatic rings. The fourth-order valence-corrected chi connectivity index (χ4v) is 2.47. The summed E-state index contributed by atoms with van der Waals surface area (Å²) in [5.41, 5.74) is 0.434. The first-order chi connectivity index (χ1) is 7.20. The maximum Gasteiger partial charge on any atom is 0.216 e. The van der Waals surface area contributed by atoms with Crippen molar-refractivity contribution in [1.29, 1.82) is 0 Å². The highest BCUT2D eigenvalue weighted by Crippen LogP contribution is 2.45. The van der Waals surface area contributed by atoms with Gasteiger partial charge in [0.25, 0.3) is 0 Å². The molecule has 0 unspecified atom stereocenters. The number of hydrogen-bond donors (Lipinski definition) is 1. The molecule has 0 atom stereocenters. The summed E-state index contributed by atoms with van der Waals surface area (Å²) in [6.07, 6.45) is 6.70. The van der Waals surface area contributed by atoms with E-state index in [1.54, 1.807) is 6.92 Å². The van der Waals surface area contributed by atoms with Crippen molar-refractivity contribution in [1.82, 2.24) is 10.2 Å². The maximum absolute atomic E-state index is 10.9. The van der Waals surface area contributed by atoms with Crippen molar-refractivity contribution in [2.75, 3.05) is 26.2 Å². The fourth-order valence-electron chi connectivity index (χ4n) is 2.47. The summed E-state index contributed by atoms with van der Waals surface area (Å²) >= 11 is 0. The van der Waals surface area contributed by atoms with E-state index in [9.17, 15) is 4.79 Å². The van der Waals surface area contributed by atoms with Crippen molar-refractivity contribution < 1.29 is 4.79 Å². The average molecular weight is 210 g/mol. The summed E-state index contributed by atoms with van der Waals surface area (Å²) in [5, 5.41) is 2.97. The molecule has 3 nitrogen and oxygen atoms in total. The quantitative estimate of drug-likeness (QED) is 0.760. The summed E-state index contributed by atoms with van der Waals surface area (Å²) < 4.78 is 0. The van der Waals surface area contributed by atoms with Crippen LogP contribution in [0.1, 0.15) is 39.0 Å². The lowest BCUT2D eigenvalue weighted by molar-refractivity contribution is -0.119. The van der Waals surface area contributed by atoms with E-state index in [0.29, 0.717) is 5.41 Å². The van der Waals surface area contributed by atoms with Crippen molar-refractivity contribution in [3.05, 3.63) is 0 Å². The lowest BCUT2D eigenvalue weighted by atomic mass is 10.0. The van der Waals surface area contributed by atoms with Gasteiger partial charge in [-0.15, -0.1) is 0 Å². The summed E-state index contributed by atoms with van der Waals surface area (Å²) in [4.78, 5) is 13.5. The van der Waals surface area contributed by atoms with Crippen LogP contribution in [-0.4, -0.2) is 37.0 Å². The van der Waals surface area contributed by atoms with Gasteiger partial charge in [-0.3, -0.25) is 4.79 Å². The summed E-state index contributed by atoms with van der Waals surface area (Å²) in [7, 11) is 0. The van der Waals surface area contributed by atoms with Gasteiger partial charge in [0, 0.05) is 25.4 Å². The van der Waals surface area contributed by atoms with Crippen molar-refractivity contribution in [2.45, 2.75) is 39.0 Å². The number of likely N-dealkylation sites (tertiary alicyclic amines) is 1.